The number of nitrogens with zero attached hydrogens (tertiary/aromatic N) is 1. The van der Waals surface area contributed by atoms with Crippen LogP contribution >= 0.6 is 12.4 Å². The largest absolute Gasteiger partial charge is 0.573 e. The first kappa shape index (κ1) is 20.1. The molecule has 1 aromatic rings. The summed E-state index contributed by atoms with van der Waals surface area (Å²) in [5, 5.41) is 3.32. The Kier molecular flexibility index (Phi) is 7.64. The Morgan fingerprint density at radius 1 is 1.13 bits per heavy atom. The molecule has 0 amide bonds. The van der Waals surface area contributed by atoms with Gasteiger partial charge in [-0.25, -0.2) is 0 Å². The molecule has 1 aliphatic heterocycles. The highest BCUT2D eigenvalue weighted by Crippen LogP contribution is 2.30. The first-order valence-electron chi connectivity index (χ1n) is 7.65. The molecular formula is C16H24ClF3N2O. The minimum Gasteiger partial charge on any atom is -0.406 e. The Hall–Kier alpha value is -0.980. The molecule has 0 saturated carbocycles. The fraction of sp³-hybridized carbons (Fsp3) is 0.625. The maximum absolute atomic E-state index is 12.2. The topological polar surface area (TPSA) is 24.5 Å². The summed E-state index contributed by atoms with van der Waals surface area (Å²) in [5.74, 6) is 0.353. The zero-order valence-electron chi connectivity index (χ0n) is 13.4. The first-order valence-corrected chi connectivity index (χ1v) is 7.65. The van der Waals surface area contributed by atoms with Gasteiger partial charge in [0.1, 0.15) is 5.75 Å². The molecule has 2 rings (SSSR count). The number of nitrogens with one attached hydrogen (secondary N) is 1. The molecule has 7 heteroatoms. The molecule has 1 heterocycles. The number of hydrogen-bond donors (Lipinski definition) is 1. The molecule has 1 saturated heterocycles. The molecule has 1 N–H and O–H groups in total. The maximum atomic E-state index is 12.2. The molecule has 0 radical (unpaired) electrons. The predicted octanol–water partition coefficient (Wildman–Crippen LogP) is 4.00. The van der Waals surface area contributed by atoms with Crippen LogP contribution in [0.3, 0.4) is 0 Å². The lowest BCUT2D eigenvalue weighted by Gasteiger charge is -2.36. The lowest BCUT2D eigenvalue weighted by molar-refractivity contribution is -0.274. The number of rotatable bonds is 5. The number of halogens is 4. The summed E-state index contributed by atoms with van der Waals surface area (Å²) < 4.78 is 40.6. The Morgan fingerprint density at radius 2 is 1.70 bits per heavy atom. The summed E-state index contributed by atoms with van der Waals surface area (Å²) in [7, 11) is 0. The number of ether oxygens (including phenoxy) is 1. The van der Waals surface area contributed by atoms with Crippen LogP contribution in [0, 0.1) is 5.92 Å². The standard InChI is InChI=1S/C16H23F3N2O.ClH/c1-12(2)11-15(21-9-7-20-8-10-21)13-3-5-14(6-4-13)22-16(17,18)19;/h3-6,12,15,20H,7-11H2,1-2H3;1H/t15-;/m0./s1. The summed E-state index contributed by atoms with van der Waals surface area (Å²) >= 11 is 0. The van der Waals surface area contributed by atoms with Crippen molar-refractivity contribution in [3.63, 3.8) is 0 Å². The van der Waals surface area contributed by atoms with Gasteiger partial charge in [-0.2, -0.15) is 0 Å². The third kappa shape index (κ3) is 6.57. The lowest BCUT2D eigenvalue weighted by atomic mass is 9.95. The fourth-order valence-electron chi connectivity index (χ4n) is 2.83. The van der Waals surface area contributed by atoms with Gasteiger partial charge in [-0.05, 0) is 30.0 Å². The molecule has 132 valence electrons. The van der Waals surface area contributed by atoms with E-state index in [1.54, 1.807) is 12.1 Å². The van der Waals surface area contributed by atoms with E-state index in [0.717, 1.165) is 38.2 Å². The maximum Gasteiger partial charge on any atom is 0.573 e. The van der Waals surface area contributed by atoms with Crippen molar-refractivity contribution in [3.05, 3.63) is 29.8 Å². The lowest BCUT2D eigenvalue weighted by Crippen LogP contribution is -2.45. The van der Waals surface area contributed by atoms with Gasteiger partial charge in [0.15, 0.2) is 0 Å². The minimum atomic E-state index is -4.64. The van der Waals surface area contributed by atoms with Gasteiger partial charge >= 0.3 is 6.36 Å². The van der Waals surface area contributed by atoms with E-state index in [0.29, 0.717) is 5.92 Å². The second kappa shape index (κ2) is 8.76. The van der Waals surface area contributed by atoms with E-state index in [4.69, 9.17) is 0 Å². The van der Waals surface area contributed by atoms with Crippen LogP contribution in [0.15, 0.2) is 24.3 Å². The Balaban J connectivity index is 0.00000264. The van der Waals surface area contributed by atoms with E-state index < -0.39 is 6.36 Å². The van der Waals surface area contributed by atoms with Crippen molar-refractivity contribution in [2.24, 2.45) is 5.92 Å². The zero-order chi connectivity index (χ0) is 16.2. The second-order valence-corrected chi connectivity index (χ2v) is 6.05. The van der Waals surface area contributed by atoms with Gasteiger partial charge in [-0.3, -0.25) is 4.90 Å². The van der Waals surface area contributed by atoms with Crippen LogP contribution in [0.1, 0.15) is 31.9 Å². The van der Waals surface area contributed by atoms with Crippen molar-refractivity contribution in [3.8, 4) is 5.75 Å². The molecular weight excluding hydrogens is 329 g/mol. The van der Waals surface area contributed by atoms with E-state index in [1.807, 2.05) is 0 Å². The minimum absolute atomic E-state index is 0. The van der Waals surface area contributed by atoms with Crippen LogP contribution in [0.4, 0.5) is 13.2 Å². The molecule has 3 nitrogen and oxygen atoms in total. The van der Waals surface area contributed by atoms with Gasteiger partial charge in [-0.15, -0.1) is 25.6 Å². The van der Waals surface area contributed by atoms with Crippen molar-refractivity contribution in [1.29, 1.82) is 0 Å². The first-order chi connectivity index (χ1) is 10.3. The van der Waals surface area contributed by atoms with E-state index in [9.17, 15) is 13.2 Å². The average Bonchev–Trinajstić information content (AvgIpc) is 2.45. The van der Waals surface area contributed by atoms with Gasteiger partial charge < -0.3 is 10.1 Å². The number of hydrogen-bond acceptors (Lipinski definition) is 3. The molecule has 23 heavy (non-hydrogen) atoms. The summed E-state index contributed by atoms with van der Waals surface area (Å²) in [6, 6.07) is 6.53. The molecule has 0 spiro atoms. The van der Waals surface area contributed by atoms with Gasteiger partial charge in [0.25, 0.3) is 0 Å². The third-order valence-corrected chi connectivity index (χ3v) is 3.79. The molecule has 0 aliphatic carbocycles. The van der Waals surface area contributed by atoms with Crippen LogP contribution in [-0.4, -0.2) is 37.4 Å². The SMILES string of the molecule is CC(C)C[C@@H](c1ccc(OC(F)(F)F)cc1)N1CCNCC1.Cl. The van der Waals surface area contributed by atoms with Crippen molar-refractivity contribution in [1.82, 2.24) is 10.2 Å². The van der Waals surface area contributed by atoms with E-state index in [2.05, 4.69) is 28.8 Å². The normalized spacial score (nSPS) is 17.7. The Labute approximate surface area is 141 Å². The van der Waals surface area contributed by atoms with Crippen LogP contribution < -0.4 is 10.1 Å². The van der Waals surface area contributed by atoms with E-state index in [-0.39, 0.29) is 24.2 Å². The molecule has 1 atom stereocenters. The highest BCUT2D eigenvalue weighted by atomic mass is 35.5. The number of benzene rings is 1. The van der Waals surface area contributed by atoms with Gasteiger partial charge in [-0.1, -0.05) is 26.0 Å². The average molecular weight is 353 g/mol. The van der Waals surface area contributed by atoms with Crippen LogP contribution in [0.25, 0.3) is 0 Å². The molecule has 0 bridgehead atoms. The van der Waals surface area contributed by atoms with Gasteiger partial charge in [0.2, 0.25) is 0 Å². The summed E-state index contributed by atoms with van der Waals surface area (Å²) in [6.45, 7) is 8.14. The second-order valence-electron chi connectivity index (χ2n) is 6.05. The third-order valence-electron chi connectivity index (χ3n) is 3.79. The summed E-state index contributed by atoms with van der Waals surface area (Å²) in [4.78, 5) is 2.40. The Morgan fingerprint density at radius 3 is 2.17 bits per heavy atom. The van der Waals surface area contributed by atoms with Crippen molar-refractivity contribution < 1.29 is 17.9 Å². The quantitative estimate of drug-likeness (QED) is 0.867. The van der Waals surface area contributed by atoms with Crippen LogP contribution in [-0.2, 0) is 0 Å². The fourth-order valence-corrected chi connectivity index (χ4v) is 2.83. The summed E-state index contributed by atoms with van der Waals surface area (Å²) in [5.41, 5.74) is 1.05. The smallest absolute Gasteiger partial charge is 0.406 e. The molecule has 0 aromatic heterocycles. The molecule has 1 fully saturated rings. The number of alkyl halides is 3. The number of piperazine rings is 1. The highest BCUT2D eigenvalue weighted by Gasteiger charge is 2.31. The van der Waals surface area contributed by atoms with E-state index >= 15 is 0 Å². The van der Waals surface area contributed by atoms with Crippen molar-refractivity contribution in [2.75, 3.05) is 26.2 Å². The Bertz CT molecular complexity index is 459. The predicted molar refractivity (Wildman–Crippen MR) is 87.0 cm³/mol. The summed E-state index contributed by atoms with van der Waals surface area (Å²) in [6.07, 6.45) is -3.66. The monoisotopic (exact) mass is 352 g/mol. The van der Waals surface area contributed by atoms with Crippen molar-refractivity contribution >= 4 is 12.4 Å². The molecule has 0 unspecified atom stereocenters. The molecule has 1 aliphatic rings. The van der Waals surface area contributed by atoms with E-state index in [1.165, 1.54) is 12.1 Å². The van der Waals surface area contributed by atoms with Crippen LogP contribution in [0.2, 0.25) is 0 Å². The van der Waals surface area contributed by atoms with Crippen molar-refractivity contribution in [2.45, 2.75) is 32.7 Å². The van der Waals surface area contributed by atoms with Gasteiger partial charge in [0.05, 0.1) is 0 Å². The van der Waals surface area contributed by atoms with Crippen LogP contribution in [0.5, 0.6) is 5.75 Å². The highest BCUT2D eigenvalue weighted by molar-refractivity contribution is 5.85. The zero-order valence-corrected chi connectivity index (χ0v) is 14.2. The van der Waals surface area contributed by atoms with Gasteiger partial charge in [0, 0.05) is 32.2 Å². The molecule has 1 aromatic carbocycles.